The predicted octanol–water partition coefficient (Wildman–Crippen LogP) is 4.14. The molecule has 0 saturated carbocycles. The second kappa shape index (κ2) is 6.81. The Morgan fingerprint density at radius 2 is 1.59 bits per heavy atom. The predicted molar refractivity (Wildman–Crippen MR) is 126 cm³/mol. The van der Waals surface area contributed by atoms with E-state index >= 15 is 0 Å². The van der Waals surface area contributed by atoms with Gasteiger partial charge >= 0.3 is 0 Å². The molecular weight excluding hydrogens is 400 g/mol. The number of hydrogen-bond acceptors (Lipinski definition) is 4. The first kappa shape index (κ1) is 18.4. The van der Waals surface area contributed by atoms with Crippen LogP contribution in [0.5, 0.6) is 5.75 Å². The van der Waals surface area contributed by atoms with Crippen LogP contribution in [0.3, 0.4) is 0 Å². The van der Waals surface area contributed by atoms with Crippen molar-refractivity contribution in [3.63, 3.8) is 0 Å². The summed E-state index contributed by atoms with van der Waals surface area (Å²) in [4.78, 5) is 13.5. The highest BCUT2D eigenvalue weighted by Crippen LogP contribution is 2.37. The molecule has 32 heavy (non-hydrogen) atoms. The number of rotatable bonds is 3. The molecule has 0 unspecified atom stereocenters. The van der Waals surface area contributed by atoms with Gasteiger partial charge in [0.05, 0.1) is 25.2 Å². The van der Waals surface area contributed by atoms with Gasteiger partial charge in [0.1, 0.15) is 22.6 Å². The lowest BCUT2D eigenvalue weighted by Gasteiger charge is -2.08. The Labute approximate surface area is 183 Å². The second-order valence-corrected chi connectivity index (χ2v) is 7.73. The van der Waals surface area contributed by atoms with E-state index in [0.717, 1.165) is 50.4 Å². The molecule has 0 aliphatic heterocycles. The van der Waals surface area contributed by atoms with Crippen LogP contribution in [0.25, 0.3) is 50.3 Å². The first-order chi connectivity index (χ1) is 15.7. The van der Waals surface area contributed by atoms with E-state index in [4.69, 9.17) is 20.4 Å². The molecule has 7 heteroatoms. The van der Waals surface area contributed by atoms with E-state index in [0.29, 0.717) is 11.5 Å². The molecular formula is C25H21N6O+. The van der Waals surface area contributed by atoms with Crippen LogP contribution in [-0.4, -0.2) is 26.6 Å². The van der Waals surface area contributed by atoms with Crippen LogP contribution in [0.15, 0.2) is 72.8 Å². The number of aromatic amines is 1. The third kappa shape index (κ3) is 2.58. The summed E-state index contributed by atoms with van der Waals surface area (Å²) >= 11 is 0. The van der Waals surface area contributed by atoms with E-state index < -0.39 is 0 Å². The summed E-state index contributed by atoms with van der Waals surface area (Å²) in [5, 5.41) is 0. The molecule has 0 amide bonds. The maximum absolute atomic E-state index is 6.82. The standard InChI is InChI=1S/C25H20N6O/c1-30-20-10-6-5-9-19(20)29-24(30)21-22-25(28-18-8-4-3-7-17(18)27-22)31(23(21)26)15-11-13-16(32-2)14-12-15/h3-14H,1-2H3,(H2,26,27,29)/p+1. The Balaban J connectivity index is 1.73. The largest absolute Gasteiger partial charge is 0.497 e. The van der Waals surface area contributed by atoms with Gasteiger partial charge in [-0.15, -0.1) is 0 Å². The van der Waals surface area contributed by atoms with Gasteiger partial charge in [-0.1, -0.05) is 24.3 Å². The molecule has 0 aliphatic carbocycles. The third-order valence-electron chi connectivity index (χ3n) is 5.92. The van der Waals surface area contributed by atoms with Crippen LogP contribution < -0.4 is 15.0 Å². The number of aryl methyl sites for hydroxylation is 1. The Morgan fingerprint density at radius 1 is 0.906 bits per heavy atom. The lowest BCUT2D eigenvalue weighted by atomic mass is 10.2. The SMILES string of the molecule is COc1ccc(-n2c(N)c(-c3[nH]c4ccccc4[n+]3C)c3nc4ccccc4nc32)cc1. The molecule has 0 atom stereocenters. The molecule has 0 radical (unpaired) electrons. The van der Waals surface area contributed by atoms with Gasteiger partial charge in [0.25, 0.3) is 5.82 Å². The second-order valence-electron chi connectivity index (χ2n) is 7.73. The summed E-state index contributed by atoms with van der Waals surface area (Å²) in [6.07, 6.45) is 0. The highest BCUT2D eigenvalue weighted by molar-refractivity contribution is 6.01. The number of imidazole rings is 1. The van der Waals surface area contributed by atoms with Crippen molar-refractivity contribution in [2.24, 2.45) is 7.05 Å². The van der Waals surface area contributed by atoms with Gasteiger partial charge in [-0.2, -0.15) is 0 Å². The van der Waals surface area contributed by atoms with Crippen LogP contribution in [0.2, 0.25) is 0 Å². The fourth-order valence-corrected chi connectivity index (χ4v) is 4.32. The van der Waals surface area contributed by atoms with Crippen LogP contribution in [0, 0.1) is 0 Å². The van der Waals surface area contributed by atoms with E-state index in [1.54, 1.807) is 7.11 Å². The number of methoxy groups -OCH3 is 1. The number of benzene rings is 3. The average molecular weight is 421 g/mol. The normalized spacial score (nSPS) is 11.6. The van der Waals surface area contributed by atoms with Crippen LogP contribution in [0.4, 0.5) is 5.82 Å². The summed E-state index contributed by atoms with van der Waals surface area (Å²) in [5.74, 6) is 2.23. The van der Waals surface area contributed by atoms with E-state index in [2.05, 4.69) is 21.7 Å². The quantitative estimate of drug-likeness (QED) is 0.421. The minimum absolute atomic E-state index is 0.572. The Morgan fingerprint density at radius 3 is 2.31 bits per heavy atom. The van der Waals surface area contributed by atoms with Gasteiger partial charge in [0.15, 0.2) is 16.7 Å². The average Bonchev–Trinajstić information content (AvgIpc) is 3.30. The number of nitrogens with zero attached hydrogens (tertiary/aromatic N) is 4. The maximum atomic E-state index is 6.82. The van der Waals surface area contributed by atoms with Gasteiger partial charge in [0, 0.05) is 5.69 Å². The van der Waals surface area contributed by atoms with E-state index in [1.807, 2.05) is 72.3 Å². The van der Waals surface area contributed by atoms with Crippen molar-refractivity contribution in [1.29, 1.82) is 0 Å². The maximum Gasteiger partial charge on any atom is 0.293 e. The number of ether oxygens (including phenoxy) is 1. The number of nitrogens with two attached hydrogens (primary N) is 1. The number of H-pyrrole nitrogens is 1. The minimum atomic E-state index is 0.572. The Bertz CT molecular complexity index is 1630. The van der Waals surface area contributed by atoms with Crippen LogP contribution >= 0.6 is 0 Å². The fraction of sp³-hybridized carbons (Fsp3) is 0.0800. The van der Waals surface area contributed by atoms with Crippen LogP contribution in [0.1, 0.15) is 0 Å². The van der Waals surface area contributed by atoms with Crippen molar-refractivity contribution in [3.8, 4) is 22.8 Å². The molecule has 0 aliphatic rings. The summed E-state index contributed by atoms with van der Waals surface area (Å²) in [7, 11) is 3.68. The number of fused-ring (bicyclic) bond motifs is 3. The number of nitrogen functional groups attached to an aromatic ring is 1. The number of aromatic nitrogens is 5. The van der Waals surface area contributed by atoms with Gasteiger partial charge in [0.2, 0.25) is 0 Å². The molecule has 3 aromatic heterocycles. The molecule has 6 aromatic rings. The third-order valence-corrected chi connectivity index (χ3v) is 5.92. The number of anilines is 1. The summed E-state index contributed by atoms with van der Waals surface area (Å²) in [6.45, 7) is 0. The van der Waals surface area contributed by atoms with Gasteiger partial charge < -0.3 is 10.5 Å². The van der Waals surface area contributed by atoms with Gasteiger partial charge in [-0.3, -0.25) is 4.57 Å². The van der Waals surface area contributed by atoms with Gasteiger partial charge in [-0.25, -0.2) is 19.5 Å². The highest BCUT2D eigenvalue weighted by atomic mass is 16.5. The minimum Gasteiger partial charge on any atom is -0.497 e. The molecule has 3 heterocycles. The van der Waals surface area contributed by atoms with Crippen molar-refractivity contribution < 1.29 is 9.30 Å². The summed E-state index contributed by atoms with van der Waals surface area (Å²) in [6, 6.07) is 23.8. The van der Waals surface area contributed by atoms with E-state index in [-0.39, 0.29) is 0 Å². The number of para-hydroxylation sites is 4. The van der Waals surface area contributed by atoms with Crippen molar-refractivity contribution >= 4 is 39.0 Å². The molecule has 156 valence electrons. The van der Waals surface area contributed by atoms with Crippen molar-refractivity contribution in [2.45, 2.75) is 0 Å². The summed E-state index contributed by atoms with van der Waals surface area (Å²) < 4.78 is 9.39. The Kier molecular flexibility index (Phi) is 3.91. The topological polar surface area (TPSA) is 85.6 Å². The molecule has 0 fully saturated rings. The van der Waals surface area contributed by atoms with Crippen molar-refractivity contribution in [3.05, 3.63) is 72.8 Å². The zero-order chi connectivity index (χ0) is 21.8. The molecule has 0 bridgehead atoms. The Hall–Kier alpha value is -4.39. The number of nitrogens with one attached hydrogen (secondary N) is 1. The zero-order valence-electron chi connectivity index (χ0n) is 17.7. The lowest BCUT2D eigenvalue weighted by molar-refractivity contribution is -0.633. The molecule has 7 nitrogen and oxygen atoms in total. The molecule has 0 saturated heterocycles. The first-order valence-corrected chi connectivity index (χ1v) is 10.3. The van der Waals surface area contributed by atoms with E-state index in [9.17, 15) is 0 Å². The fourth-order valence-electron chi connectivity index (χ4n) is 4.32. The lowest BCUT2D eigenvalue weighted by Crippen LogP contribution is -2.29. The number of hydrogen-bond donors (Lipinski definition) is 2. The van der Waals surface area contributed by atoms with Crippen molar-refractivity contribution in [2.75, 3.05) is 12.8 Å². The molecule has 0 spiro atoms. The smallest absolute Gasteiger partial charge is 0.293 e. The molecule has 3 N–H and O–H groups in total. The molecule has 6 rings (SSSR count). The highest BCUT2D eigenvalue weighted by Gasteiger charge is 2.28. The van der Waals surface area contributed by atoms with Gasteiger partial charge in [-0.05, 0) is 48.5 Å². The zero-order valence-corrected chi connectivity index (χ0v) is 17.7. The van der Waals surface area contributed by atoms with Crippen LogP contribution in [-0.2, 0) is 7.05 Å². The van der Waals surface area contributed by atoms with Crippen molar-refractivity contribution in [1.82, 2.24) is 19.5 Å². The molecule has 3 aromatic carbocycles. The monoisotopic (exact) mass is 421 g/mol. The van der Waals surface area contributed by atoms with E-state index in [1.165, 1.54) is 0 Å². The summed E-state index contributed by atoms with van der Waals surface area (Å²) in [5.41, 5.74) is 13.8. The first-order valence-electron chi connectivity index (χ1n) is 10.3.